The van der Waals surface area contributed by atoms with E-state index < -0.39 is 18.9 Å². The first-order valence-electron chi connectivity index (χ1n) is 4.65. The molecular formula is C10H20IN. The van der Waals surface area contributed by atoms with Crippen LogP contribution in [0, 0.1) is 5.92 Å². The van der Waals surface area contributed by atoms with Gasteiger partial charge in [-0.1, -0.05) is 10.9 Å². The highest BCUT2D eigenvalue weighted by atomic mass is 127. The molecule has 1 aliphatic heterocycles. The lowest BCUT2D eigenvalue weighted by molar-refractivity contribution is 0.615. The third-order valence-corrected chi connectivity index (χ3v) is 6.40. The van der Waals surface area contributed by atoms with Crippen molar-refractivity contribution in [3.8, 4) is 0 Å². The Hall–Kier alpha value is 0.430. The second-order valence-corrected chi connectivity index (χ2v) is 8.64. The second kappa shape index (κ2) is 5.22. The zero-order valence-corrected chi connectivity index (χ0v) is 10.4. The van der Waals surface area contributed by atoms with E-state index in [0.717, 1.165) is 5.92 Å². The van der Waals surface area contributed by atoms with Crippen LogP contribution in [0.4, 0.5) is 0 Å². The molecule has 1 N–H and O–H groups in total. The molecule has 0 aromatic heterocycles. The molecule has 0 bridgehead atoms. The molecule has 0 spiro atoms. The molecule has 1 rings (SSSR count). The summed E-state index contributed by atoms with van der Waals surface area (Å²) in [5.41, 5.74) is 0. The minimum atomic E-state index is -0.890. The predicted octanol–water partition coefficient (Wildman–Crippen LogP) is 2.14. The Morgan fingerprint density at radius 1 is 1.50 bits per heavy atom. The predicted molar refractivity (Wildman–Crippen MR) is 68.0 cm³/mol. The quantitative estimate of drug-likeness (QED) is 0.573. The van der Waals surface area contributed by atoms with Crippen LogP contribution in [0.3, 0.4) is 0 Å². The van der Waals surface area contributed by atoms with Crippen LogP contribution in [0.2, 0.25) is 0 Å². The molecule has 1 fully saturated rings. The molecule has 0 radical (unpaired) electrons. The molecule has 1 unspecified atom stereocenters. The number of rotatable bonds is 1. The molecule has 0 aliphatic carbocycles. The van der Waals surface area contributed by atoms with Gasteiger partial charge in [0.15, 0.2) is 0 Å². The van der Waals surface area contributed by atoms with Crippen molar-refractivity contribution in [2.45, 2.75) is 26.2 Å². The summed E-state index contributed by atoms with van der Waals surface area (Å²) in [6.45, 7) is 4.76. The average molecular weight is 281 g/mol. The summed E-state index contributed by atoms with van der Waals surface area (Å²) >= 11 is -0.890. The van der Waals surface area contributed by atoms with Gasteiger partial charge in [-0.15, -0.1) is 0 Å². The average Bonchev–Trinajstić information content (AvgIpc) is 2.30. The van der Waals surface area contributed by atoms with Gasteiger partial charge in [-0.2, -0.15) is 18.9 Å². The van der Waals surface area contributed by atoms with Gasteiger partial charge < -0.3 is 5.32 Å². The van der Waals surface area contributed by atoms with E-state index in [-0.39, 0.29) is 0 Å². The fourth-order valence-electron chi connectivity index (χ4n) is 1.62. The molecule has 72 valence electrons. The maximum Gasteiger partial charge on any atom is 0.00209 e. The number of alkyl halides is 1. The van der Waals surface area contributed by atoms with Gasteiger partial charge in [0.1, 0.15) is 0 Å². The Morgan fingerprint density at radius 2 is 2.25 bits per heavy atom. The lowest BCUT2D eigenvalue weighted by Crippen LogP contribution is -2.24. The Labute approximate surface area is 82.3 Å². The highest BCUT2D eigenvalue weighted by molar-refractivity contribution is 14.2. The summed E-state index contributed by atoms with van der Waals surface area (Å²) < 4.78 is 5.97. The molecular weight excluding hydrogens is 261 g/mol. The number of hydrogen-bond acceptors (Lipinski definition) is 1. The SMILES string of the molecule is C=I(C)=C(C)C1CCCCNC1. The van der Waals surface area contributed by atoms with E-state index in [1.165, 1.54) is 32.4 Å². The highest BCUT2D eigenvalue weighted by Crippen LogP contribution is 2.18. The molecule has 1 heterocycles. The van der Waals surface area contributed by atoms with Crippen molar-refractivity contribution in [1.29, 1.82) is 0 Å². The summed E-state index contributed by atoms with van der Waals surface area (Å²) in [6, 6.07) is 0. The third kappa shape index (κ3) is 3.05. The molecule has 0 aromatic rings. The van der Waals surface area contributed by atoms with Crippen LogP contribution in [0.5, 0.6) is 0 Å². The topological polar surface area (TPSA) is 12.0 Å². The summed E-state index contributed by atoms with van der Waals surface area (Å²) in [5.74, 6) is 0.847. The molecule has 1 aliphatic rings. The Kier molecular flexibility index (Phi) is 4.57. The normalized spacial score (nSPS) is 29.2. The summed E-state index contributed by atoms with van der Waals surface area (Å²) in [4.78, 5) is 2.35. The van der Waals surface area contributed by atoms with Crippen LogP contribution >= 0.6 is 18.9 Å². The molecule has 0 aromatic carbocycles. The van der Waals surface area contributed by atoms with E-state index in [9.17, 15) is 0 Å². The van der Waals surface area contributed by atoms with Gasteiger partial charge in [-0.25, -0.2) is 0 Å². The Morgan fingerprint density at radius 3 is 2.92 bits per heavy atom. The third-order valence-electron chi connectivity index (χ3n) is 2.62. The molecule has 12 heavy (non-hydrogen) atoms. The first-order chi connectivity index (χ1) is 5.72. The summed E-state index contributed by atoms with van der Waals surface area (Å²) in [7, 11) is 0. The zero-order chi connectivity index (χ0) is 8.97. The molecule has 0 amide bonds. The smallest absolute Gasteiger partial charge is 0.00209 e. The fraction of sp³-hybridized carbons (Fsp3) is 0.800. The van der Waals surface area contributed by atoms with Crippen LogP contribution in [-0.4, -0.2) is 26.0 Å². The van der Waals surface area contributed by atoms with Crippen molar-refractivity contribution in [3.05, 3.63) is 0 Å². The Bertz CT molecular complexity index is 206. The van der Waals surface area contributed by atoms with E-state index in [2.05, 4.69) is 21.7 Å². The summed E-state index contributed by atoms with van der Waals surface area (Å²) in [5, 5.41) is 3.51. The lowest BCUT2D eigenvalue weighted by atomic mass is 10.0. The van der Waals surface area contributed by atoms with Gasteiger partial charge in [0, 0.05) is 6.54 Å². The monoisotopic (exact) mass is 281 g/mol. The molecule has 2 heteroatoms. The Balaban J connectivity index is 2.61. The minimum Gasteiger partial charge on any atom is -0.316 e. The maximum atomic E-state index is 4.24. The fourth-order valence-corrected chi connectivity index (χ4v) is 3.66. The number of nitrogens with one attached hydrogen (secondary N) is 1. The van der Waals surface area contributed by atoms with Crippen LogP contribution in [0.1, 0.15) is 26.2 Å². The van der Waals surface area contributed by atoms with Gasteiger partial charge in [-0.3, -0.25) is 0 Å². The van der Waals surface area contributed by atoms with Crippen LogP contribution in [-0.2, 0) is 0 Å². The molecule has 1 nitrogen and oxygen atoms in total. The van der Waals surface area contributed by atoms with Crippen molar-refractivity contribution in [2.75, 3.05) is 18.0 Å². The van der Waals surface area contributed by atoms with Crippen molar-refractivity contribution in [3.63, 3.8) is 0 Å². The van der Waals surface area contributed by atoms with Gasteiger partial charge in [0.05, 0.1) is 0 Å². The van der Waals surface area contributed by atoms with Crippen LogP contribution < -0.4 is 5.32 Å². The van der Waals surface area contributed by atoms with E-state index >= 15 is 0 Å². The standard InChI is InChI=1S/C10H20IN/c1-9(11(2)3)10-6-4-5-7-12-8-10/h10,12H,2,4-8H2,1,3H3. The van der Waals surface area contributed by atoms with Crippen LogP contribution in [0.25, 0.3) is 0 Å². The first kappa shape index (κ1) is 10.5. The van der Waals surface area contributed by atoms with E-state index in [1.807, 2.05) is 0 Å². The summed E-state index contributed by atoms with van der Waals surface area (Å²) in [6.07, 6.45) is 4.16. The lowest BCUT2D eigenvalue weighted by Gasteiger charge is -2.14. The number of hydrogen-bond donors (Lipinski definition) is 1. The minimum absolute atomic E-state index is 0.847. The largest absolute Gasteiger partial charge is 0.316 e. The first-order valence-corrected chi connectivity index (χ1v) is 9.41. The van der Waals surface area contributed by atoms with Gasteiger partial charge >= 0.3 is 0 Å². The van der Waals surface area contributed by atoms with Crippen LogP contribution in [0.15, 0.2) is 0 Å². The highest BCUT2D eigenvalue weighted by Gasteiger charge is 2.12. The molecule has 1 atom stereocenters. The van der Waals surface area contributed by atoms with Crippen molar-refractivity contribution < 1.29 is 0 Å². The van der Waals surface area contributed by atoms with Crippen molar-refractivity contribution in [2.24, 2.45) is 5.92 Å². The number of halogens is 1. The van der Waals surface area contributed by atoms with Gasteiger partial charge in [0.25, 0.3) is 0 Å². The second-order valence-electron chi connectivity index (χ2n) is 3.57. The van der Waals surface area contributed by atoms with Crippen molar-refractivity contribution >= 4 is 26.9 Å². The van der Waals surface area contributed by atoms with Gasteiger partial charge in [-0.05, 0) is 40.7 Å². The molecule has 0 saturated carbocycles. The molecule has 1 saturated heterocycles. The van der Waals surface area contributed by atoms with E-state index in [1.54, 1.807) is 3.51 Å². The van der Waals surface area contributed by atoms with E-state index in [4.69, 9.17) is 0 Å². The maximum absolute atomic E-state index is 4.24. The zero-order valence-electron chi connectivity index (χ0n) is 8.20. The van der Waals surface area contributed by atoms with Gasteiger partial charge in [0.2, 0.25) is 0 Å². The van der Waals surface area contributed by atoms with Crippen molar-refractivity contribution in [1.82, 2.24) is 5.32 Å². The van der Waals surface area contributed by atoms with E-state index in [0.29, 0.717) is 0 Å².